The largest absolute Gasteiger partial charge is 2.00 e. The van der Waals surface area contributed by atoms with Gasteiger partial charge in [0.15, 0.2) is 5.78 Å². The van der Waals surface area contributed by atoms with Gasteiger partial charge < -0.3 is 30.1 Å². The van der Waals surface area contributed by atoms with Gasteiger partial charge in [-0.15, -0.1) is 35.9 Å². The Morgan fingerprint density at radius 1 is 0.640 bits per heavy atom. The van der Waals surface area contributed by atoms with E-state index in [1.165, 1.54) is 36.7 Å². The number of nitrogens with zero attached hydrogens (tertiary/aromatic N) is 8. The van der Waals surface area contributed by atoms with Crippen molar-refractivity contribution in [2.45, 2.75) is 26.9 Å². The van der Waals surface area contributed by atoms with Crippen LogP contribution in [-0.4, -0.2) is 67.3 Å². The fourth-order valence-electron chi connectivity index (χ4n) is 6.52. The maximum absolute atomic E-state index is 12.2. The first-order valence-electron chi connectivity index (χ1n) is 23.1. The van der Waals surface area contributed by atoms with Gasteiger partial charge in [-0.25, -0.2) is 0 Å². The molecule has 5 aromatic carbocycles. The molecular weight excluding hydrogens is 1340 g/mol. The number of ketones is 1. The van der Waals surface area contributed by atoms with Gasteiger partial charge in [-0.1, -0.05) is 96.3 Å². The second kappa shape index (κ2) is 32.7. The number of fused-ring (bicyclic) bond motifs is 1. The summed E-state index contributed by atoms with van der Waals surface area (Å²) in [7, 11) is -0.424. The van der Waals surface area contributed by atoms with E-state index in [0.717, 1.165) is 51.3 Å². The number of benzene rings is 5. The molecule has 75 heavy (non-hydrogen) atoms. The minimum Gasteiger partial charge on any atom is -0.574 e. The Balaban J connectivity index is 0.000000246. The standard InChI is InChI=1S/C19H13N2.C9H5F3N3.C9H8N3.2C8H11P.C5H8O2.Ir.Os/c1-3-9-15(10-4-1)19-20-17-13-7-8-14-18(17)21(19)16-11-5-2-6-12-16;10-9(11,12)8-5-7(14-15-8)6-3-1-2-4-13-6;1-7-6-9(12-11-7)8-4-2-3-5-10-8;2*1-9(2)8-6-4-3-5-7-8;1-4(6)3-5(2)7;;/h1-9,11-14H;1-5H;2-6H,1H3;2*3-7H,1-2H3;3,6H,1-2H3;;/q3*-1;;;;;+2/p+2. The molecule has 0 spiro atoms. The summed E-state index contributed by atoms with van der Waals surface area (Å²) in [5.74, 6) is 0.857. The molecular formula is C58H58F3IrN8O2OsP2+. The summed E-state index contributed by atoms with van der Waals surface area (Å²) in [5, 5.41) is 25.7. The minimum atomic E-state index is -4.46. The minimum absolute atomic E-state index is 0. The van der Waals surface area contributed by atoms with E-state index in [2.05, 4.69) is 147 Å². The zero-order chi connectivity index (χ0) is 52.6. The van der Waals surface area contributed by atoms with Crippen LogP contribution in [0, 0.1) is 13.0 Å². The number of aliphatic hydroxyl groups excluding tert-OH is 1. The van der Waals surface area contributed by atoms with Crippen molar-refractivity contribution in [2.24, 2.45) is 0 Å². The van der Waals surface area contributed by atoms with E-state index in [1.807, 2.05) is 91.9 Å². The van der Waals surface area contributed by atoms with E-state index in [4.69, 9.17) is 10.1 Å². The van der Waals surface area contributed by atoms with Gasteiger partial charge in [-0.05, 0) is 99.6 Å². The fraction of sp³-hybridized carbons (Fsp3) is 0.138. The predicted octanol–water partition coefficient (Wildman–Crippen LogP) is 12.6. The molecule has 0 aliphatic heterocycles. The monoisotopic (exact) mass is 1400 g/mol. The summed E-state index contributed by atoms with van der Waals surface area (Å²) in [5.41, 5.74) is 6.36. The number of rotatable bonds is 7. The summed E-state index contributed by atoms with van der Waals surface area (Å²) in [4.78, 5) is 22.8. The summed E-state index contributed by atoms with van der Waals surface area (Å²) in [6, 6.07) is 64.5. The van der Waals surface area contributed by atoms with E-state index in [-0.39, 0.29) is 73.0 Å². The molecule has 1 N–H and O–H groups in total. The Morgan fingerprint density at radius 2 is 1.12 bits per heavy atom. The molecule has 0 saturated heterocycles. The van der Waals surface area contributed by atoms with Crippen LogP contribution in [0.3, 0.4) is 0 Å². The number of imidazole rings is 1. The number of hydrogen-bond donors (Lipinski definition) is 1. The average Bonchev–Trinajstić information content (AvgIpc) is 4.18. The Kier molecular flexibility index (Phi) is 27.3. The van der Waals surface area contributed by atoms with Gasteiger partial charge in [0, 0.05) is 77.2 Å². The van der Waals surface area contributed by atoms with Gasteiger partial charge in [0.25, 0.3) is 0 Å². The molecule has 17 heteroatoms. The number of carbonyl (C=O) groups excluding carboxylic acids is 1. The number of alkyl halides is 3. The quantitative estimate of drug-likeness (QED) is 0.0716. The molecule has 0 saturated carbocycles. The third-order valence-corrected chi connectivity index (χ3v) is 13.0. The zero-order valence-corrected chi connectivity index (χ0v) is 49.3. The van der Waals surface area contributed by atoms with Crippen LogP contribution >= 0.6 is 15.8 Å². The van der Waals surface area contributed by atoms with E-state index in [9.17, 15) is 18.0 Å². The second-order valence-corrected chi connectivity index (χ2v) is 21.6. The van der Waals surface area contributed by atoms with Gasteiger partial charge in [0.2, 0.25) is 0 Å². The van der Waals surface area contributed by atoms with Crippen LogP contribution in [0.25, 0.3) is 50.9 Å². The van der Waals surface area contributed by atoms with Gasteiger partial charge in [-0.2, -0.15) is 13.2 Å². The van der Waals surface area contributed by atoms with Crippen molar-refractivity contribution in [3.05, 3.63) is 230 Å². The number of allylic oxidation sites excluding steroid dienone is 2. The third kappa shape index (κ3) is 21.3. The molecule has 0 amide bonds. The molecule has 10 aromatic rings. The molecule has 0 aliphatic rings. The molecule has 1 radical (unpaired) electrons. The molecule has 5 aromatic heterocycles. The number of halogens is 3. The molecule has 0 fully saturated rings. The molecule has 10 nitrogen and oxygen atoms in total. The van der Waals surface area contributed by atoms with Crippen LogP contribution in [0.4, 0.5) is 13.2 Å². The van der Waals surface area contributed by atoms with Crippen LogP contribution in [0.15, 0.2) is 212 Å². The maximum atomic E-state index is 12.2. The molecule has 0 atom stereocenters. The first-order chi connectivity index (χ1) is 35.1. The van der Waals surface area contributed by atoms with E-state index < -0.39 is 11.9 Å². The van der Waals surface area contributed by atoms with E-state index >= 15 is 0 Å². The van der Waals surface area contributed by atoms with Gasteiger partial charge in [0.1, 0.15) is 5.69 Å². The Morgan fingerprint density at radius 3 is 1.52 bits per heavy atom. The van der Waals surface area contributed by atoms with Crippen molar-refractivity contribution in [2.75, 3.05) is 26.7 Å². The second-order valence-electron chi connectivity index (χ2n) is 16.4. The molecule has 5 heterocycles. The first kappa shape index (κ1) is 62.7. The van der Waals surface area contributed by atoms with Gasteiger partial charge >= 0.3 is 26.0 Å². The molecule has 10 rings (SSSR count). The topological polar surface area (TPSA) is 135 Å². The zero-order valence-electron chi connectivity index (χ0n) is 42.4. The van der Waals surface area contributed by atoms with Crippen LogP contribution in [0.1, 0.15) is 25.2 Å². The number of aromatic nitrogens is 8. The Labute approximate surface area is 466 Å². The fourth-order valence-corrected chi connectivity index (χ4v) is 8.23. The normalized spacial score (nSPS) is 10.5. The summed E-state index contributed by atoms with van der Waals surface area (Å²) < 4.78 is 38.8. The van der Waals surface area contributed by atoms with Crippen LogP contribution in [0.5, 0.6) is 0 Å². The van der Waals surface area contributed by atoms with Crippen LogP contribution in [-0.2, 0) is 50.9 Å². The number of para-hydroxylation sites is 3. The number of aliphatic hydroxyl groups is 1. The van der Waals surface area contributed by atoms with Gasteiger partial charge in [-0.3, -0.25) is 19.7 Å². The maximum Gasteiger partial charge on any atom is 2.00 e. The first-order valence-corrected chi connectivity index (χ1v) is 28.1. The Hall–Kier alpha value is -6.56. The van der Waals surface area contributed by atoms with E-state index in [0.29, 0.717) is 5.69 Å². The van der Waals surface area contributed by atoms with E-state index in [1.54, 1.807) is 24.4 Å². The average molecular weight is 1400 g/mol. The van der Waals surface area contributed by atoms with Crippen molar-refractivity contribution in [1.82, 2.24) is 39.9 Å². The van der Waals surface area contributed by atoms with Gasteiger partial charge in [0.05, 0.1) is 59.9 Å². The summed E-state index contributed by atoms with van der Waals surface area (Å²) >= 11 is 0. The Bertz CT molecular complexity index is 3140. The summed E-state index contributed by atoms with van der Waals surface area (Å²) in [6.07, 6.45) is -0.0589. The van der Waals surface area contributed by atoms with Crippen molar-refractivity contribution in [3.63, 3.8) is 0 Å². The van der Waals surface area contributed by atoms with Crippen LogP contribution in [0.2, 0.25) is 0 Å². The van der Waals surface area contributed by atoms with Crippen molar-refractivity contribution in [3.8, 4) is 39.9 Å². The third-order valence-electron chi connectivity index (χ3n) is 9.98. The number of carbonyl (C=O) groups is 1. The van der Waals surface area contributed by atoms with Crippen molar-refractivity contribution in [1.29, 1.82) is 0 Å². The number of aryl methyl sites for hydroxylation is 1. The molecule has 0 aliphatic carbocycles. The number of hydrogen-bond acceptors (Lipinski definition) is 7. The number of pyridine rings is 2. The SMILES string of the molecule is CC(=O)C=C(C)O.C[PH+](C)c1ccccc1.C[PH+](C)c1ccccc1.Cc1cc(-c2ccccn2)[n-]n1.FC(F)(F)c1cc(-c2ccccn2)[n-]n1.[Ir].[Os+2].[c-]1ccccc1-c1nc2ccccc2n1-c1ccccc1. The predicted molar refractivity (Wildman–Crippen MR) is 296 cm³/mol. The molecule has 0 unspecified atom stereocenters. The smallest absolute Gasteiger partial charge is 0.574 e. The van der Waals surface area contributed by atoms with Crippen LogP contribution < -0.4 is 20.8 Å². The van der Waals surface area contributed by atoms with Crippen molar-refractivity contribution < 1.29 is 63.0 Å². The molecule has 389 valence electrons. The van der Waals surface area contributed by atoms with Crippen molar-refractivity contribution >= 4 is 43.3 Å². The summed E-state index contributed by atoms with van der Waals surface area (Å²) in [6.45, 7) is 14.0. The molecule has 0 bridgehead atoms.